The molecule has 1 amide bonds. The van der Waals surface area contributed by atoms with E-state index in [4.69, 9.17) is 0 Å². The molecule has 2 aromatic rings. The van der Waals surface area contributed by atoms with E-state index >= 15 is 0 Å². The van der Waals surface area contributed by atoms with E-state index in [9.17, 15) is 9.90 Å². The number of hydrogen-bond donors (Lipinski definition) is 1. The highest BCUT2D eigenvalue weighted by Crippen LogP contribution is 2.39. The van der Waals surface area contributed by atoms with Crippen LogP contribution in [-0.2, 0) is 26.0 Å². The second kappa shape index (κ2) is 5.59. The fourth-order valence-corrected chi connectivity index (χ4v) is 4.75. The zero-order valence-electron chi connectivity index (χ0n) is 14.0. The molecule has 5 heteroatoms. The largest absolute Gasteiger partial charge is 0.392 e. The van der Waals surface area contributed by atoms with Crippen LogP contribution in [0.1, 0.15) is 41.2 Å². The molecule has 4 rings (SSSR count). The minimum Gasteiger partial charge on any atom is -0.392 e. The van der Waals surface area contributed by atoms with Crippen molar-refractivity contribution in [3.8, 4) is 0 Å². The summed E-state index contributed by atoms with van der Waals surface area (Å²) in [4.78, 5) is 14.9. The number of hydrogen-bond acceptors (Lipinski definition) is 2. The molecule has 1 aromatic heterocycles. The molecular formula is C19H21IN2O2. The fraction of sp³-hybridized carbons (Fsp3) is 0.421. The summed E-state index contributed by atoms with van der Waals surface area (Å²) < 4.78 is 3.21. The third-order valence-corrected chi connectivity index (χ3v) is 6.18. The summed E-state index contributed by atoms with van der Waals surface area (Å²) in [7, 11) is 0. The molecule has 2 aliphatic rings. The van der Waals surface area contributed by atoms with E-state index in [1.165, 1.54) is 11.3 Å². The van der Waals surface area contributed by atoms with Gasteiger partial charge in [-0.25, -0.2) is 0 Å². The van der Waals surface area contributed by atoms with E-state index in [1.807, 2.05) is 23.1 Å². The molecule has 2 heterocycles. The summed E-state index contributed by atoms with van der Waals surface area (Å²) >= 11 is 2.21. The third-order valence-electron chi connectivity index (χ3n) is 5.17. The number of benzene rings is 1. The summed E-state index contributed by atoms with van der Waals surface area (Å²) in [5.74, 6) is 0.0464. The van der Waals surface area contributed by atoms with Gasteiger partial charge in [-0.2, -0.15) is 0 Å². The van der Waals surface area contributed by atoms with Crippen LogP contribution in [0.2, 0.25) is 0 Å². The van der Waals surface area contributed by atoms with Gasteiger partial charge in [0, 0.05) is 27.9 Å². The SMILES string of the molecule is CC1(C)Cc2cc3n(c2C1)CCN(c1cccc(I)c1CO)C3=O. The van der Waals surface area contributed by atoms with Gasteiger partial charge in [-0.05, 0) is 64.6 Å². The van der Waals surface area contributed by atoms with Crippen LogP contribution in [0.3, 0.4) is 0 Å². The Hall–Kier alpha value is -1.34. The van der Waals surface area contributed by atoms with Crippen molar-refractivity contribution in [2.75, 3.05) is 11.4 Å². The molecule has 0 saturated heterocycles. The molecule has 126 valence electrons. The topological polar surface area (TPSA) is 45.5 Å². The first-order chi connectivity index (χ1) is 11.4. The third kappa shape index (κ3) is 2.40. The Labute approximate surface area is 155 Å². The number of carbonyl (C=O) groups excluding carboxylic acids is 1. The maximum absolute atomic E-state index is 13.1. The number of anilines is 1. The van der Waals surface area contributed by atoms with Gasteiger partial charge in [0.2, 0.25) is 0 Å². The molecule has 0 fully saturated rings. The fourth-order valence-electron chi connectivity index (χ4n) is 4.10. The van der Waals surface area contributed by atoms with Crippen molar-refractivity contribution in [3.63, 3.8) is 0 Å². The molecule has 4 nitrogen and oxygen atoms in total. The Morgan fingerprint density at radius 3 is 2.79 bits per heavy atom. The first kappa shape index (κ1) is 16.1. The van der Waals surface area contributed by atoms with Crippen molar-refractivity contribution in [3.05, 3.63) is 50.4 Å². The maximum atomic E-state index is 13.1. The van der Waals surface area contributed by atoms with Gasteiger partial charge >= 0.3 is 0 Å². The minimum atomic E-state index is -0.0517. The minimum absolute atomic E-state index is 0.0464. The highest BCUT2D eigenvalue weighted by atomic mass is 127. The number of aliphatic hydroxyl groups excluding tert-OH is 1. The Morgan fingerprint density at radius 2 is 2.04 bits per heavy atom. The van der Waals surface area contributed by atoms with Crippen LogP contribution >= 0.6 is 22.6 Å². The molecule has 0 bridgehead atoms. The Kier molecular flexibility index (Phi) is 3.76. The number of carbonyl (C=O) groups is 1. The molecule has 0 atom stereocenters. The van der Waals surface area contributed by atoms with Crippen LogP contribution < -0.4 is 4.90 Å². The van der Waals surface area contributed by atoms with E-state index < -0.39 is 0 Å². The van der Waals surface area contributed by atoms with Gasteiger partial charge in [-0.3, -0.25) is 4.79 Å². The van der Waals surface area contributed by atoms with Crippen molar-refractivity contribution in [1.82, 2.24) is 4.57 Å². The predicted molar refractivity (Wildman–Crippen MR) is 102 cm³/mol. The lowest BCUT2D eigenvalue weighted by Crippen LogP contribution is -2.41. The monoisotopic (exact) mass is 436 g/mol. The van der Waals surface area contributed by atoms with E-state index in [0.717, 1.165) is 39.9 Å². The van der Waals surface area contributed by atoms with E-state index in [2.05, 4.69) is 47.1 Å². The van der Waals surface area contributed by atoms with Crippen LogP contribution in [-0.4, -0.2) is 22.1 Å². The molecule has 0 radical (unpaired) electrons. The van der Waals surface area contributed by atoms with E-state index in [-0.39, 0.29) is 12.5 Å². The van der Waals surface area contributed by atoms with Crippen LogP contribution in [0.4, 0.5) is 5.69 Å². The Morgan fingerprint density at radius 1 is 1.25 bits per heavy atom. The van der Waals surface area contributed by atoms with Crippen molar-refractivity contribution in [2.24, 2.45) is 5.41 Å². The maximum Gasteiger partial charge on any atom is 0.274 e. The number of rotatable bonds is 2. The quantitative estimate of drug-likeness (QED) is 0.734. The zero-order chi connectivity index (χ0) is 17.1. The summed E-state index contributed by atoms with van der Waals surface area (Å²) in [6.07, 6.45) is 2.08. The van der Waals surface area contributed by atoms with Gasteiger partial charge in [0.15, 0.2) is 0 Å². The van der Waals surface area contributed by atoms with Gasteiger partial charge in [0.1, 0.15) is 5.69 Å². The summed E-state index contributed by atoms with van der Waals surface area (Å²) in [6.45, 7) is 6.00. The van der Waals surface area contributed by atoms with Crippen molar-refractivity contribution < 1.29 is 9.90 Å². The average molecular weight is 436 g/mol. The van der Waals surface area contributed by atoms with Crippen LogP contribution in [0.15, 0.2) is 24.3 Å². The highest BCUT2D eigenvalue weighted by molar-refractivity contribution is 14.1. The standard InChI is InChI=1S/C19H21IN2O2/c1-19(2)9-12-8-16-18(24)22(7-6-21(16)17(12)10-19)15-5-3-4-14(20)13(15)11-23/h3-5,8,23H,6-7,9-11H2,1-2H3. The second-order valence-corrected chi connectivity index (χ2v) is 8.69. The van der Waals surface area contributed by atoms with E-state index in [1.54, 1.807) is 0 Å². The lowest BCUT2D eigenvalue weighted by Gasteiger charge is -2.31. The molecule has 24 heavy (non-hydrogen) atoms. The van der Waals surface area contributed by atoms with Crippen LogP contribution in [0.5, 0.6) is 0 Å². The highest BCUT2D eigenvalue weighted by Gasteiger charge is 2.37. The van der Waals surface area contributed by atoms with Crippen molar-refractivity contribution >= 4 is 34.2 Å². The average Bonchev–Trinajstić information content (AvgIpc) is 3.00. The zero-order valence-corrected chi connectivity index (χ0v) is 16.1. The van der Waals surface area contributed by atoms with E-state index in [0.29, 0.717) is 12.0 Å². The molecule has 0 saturated carbocycles. The van der Waals surface area contributed by atoms with Gasteiger partial charge in [0.05, 0.1) is 12.3 Å². The normalized spacial score (nSPS) is 18.7. The second-order valence-electron chi connectivity index (χ2n) is 7.52. The predicted octanol–water partition coefficient (Wildman–Crippen LogP) is 3.37. The van der Waals surface area contributed by atoms with Crippen LogP contribution in [0, 0.1) is 8.99 Å². The number of aliphatic hydroxyl groups is 1. The molecule has 0 unspecified atom stereocenters. The van der Waals surface area contributed by atoms with Crippen molar-refractivity contribution in [2.45, 2.75) is 39.8 Å². The number of amides is 1. The number of aromatic nitrogens is 1. The van der Waals surface area contributed by atoms with Crippen molar-refractivity contribution in [1.29, 1.82) is 0 Å². The molecule has 1 N–H and O–H groups in total. The lowest BCUT2D eigenvalue weighted by molar-refractivity contribution is 0.0963. The van der Waals surface area contributed by atoms with Gasteiger partial charge in [-0.15, -0.1) is 0 Å². The molecule has 1 aliphatic heterocycles. The number of halogens is 1. The smallest absolute Gasteiger partial charge is 0.274 e. The van der Waals surface area contributed by atoms with Gasteiger partial charge in [0.25, 0.3) is 5.91 Å². The lowest BCUT2D eigenvalue weighted by atomic mass is 9.90. The van der Waals surface area contributed by atoms with Gasteiger partial charge < -0.3 is 14.6 Å². The molecule has 1 aromatic carbocycles. The summed E-state index contributed by atoms with van der Waals surface area (Å²) in [6, 6.07) is 7.93. The van der Waals surface area contributed by atoms with Gasteiger partial charge in [-0.1, -0.05) is 19.9 Å². The molecule has 0 spiro atoms. The first-order valence-electron chi connectivity index (χ1n) is 8.33. The molecular weight excluding hydrogens is 415 g/mol. The summed E-state index contributed by atoms with van der Waals surface area (Å²) in [5, 5.41) is 9.72. The Balaban J connectivity index is 1.73. The first-order valence-corrected chi connectivity index (χ1v) is 9.40. The Bertz CT molecular complexity index is 838. The van der Waals surface area contributed by atoms with Crippen LogP contribution in [0.25, 0.3) is 0 Å². The number of fused-ring (bicyclic) bond motifs is 3. The summed E-state index contributed by atoms with van der Waals surface area (Å²) in [5.41, 5.74) is 5.43. The molecule has 1 aliphatic carbocycles. The number of nitrogens with zero attached hydrogens (tertiary/aromatic N) is 2.